The summed E-state index contributed by atoms with van der Waals surface area (Å²) in [6.45, 7) is 5.13. The number of benzene rings is 1. The molecule has 2 unspecified atom stereocenters. The molecule has 21 heavy (non-hydrogen) atoms. The van der Waals surface area contributed by atoms with Crippen molar-refractivity contribution in [1.82, 2.24) is 10.2 Å². The standard InChI is InChI=1S/C17H25ClN2O/c1-3-5-7-15-17(21)20(12-6-4-2)16(19-15)13-8-10-14(18)11-9-13/h8-11,15-16,19H,3-7,12H2,1-2H3. The van der Waals surface area contributed by atoms with Gasteiger partial charge in [0.25, 0.3) is 0 Å². The maximum atomic E-state index is 12.6. The molecule has 2 rings (SSSR count). The van der Waals surface area contributed by atoms with Crippen LogP contribution in [0, 0.1) is 0 Å². The number of halogens is 1. The lowest BCUT2D eigenvalue weighted by Crippen LogP contribution is -2.32. The highest BCUT2D eigenvalue weighted by Crippen LogP contribution is 2.28. The highest BCUT2D eigenvalue weighted by atomic mass is 35.5. The van der Waals surface area contributed by atoms with Crippen molar-refractivity contribution in [2.24, 2.45) is 0 Å². The Morgan fingerprint density at radius 2 is 1.81 bits per heavy atom. The van der Waals surface area contributed by atoms with Crippen LogP contribution in [0.1, 0.15) is 57.7 Å². The van der Waals surface area contributed by atoms with Crippen LogP contribution in [0.2, 0.25) is 5.02 Å². The van der Waals surface area contributed by atoms with Gasteiger partial charge in [0, 0.05) is 11.6 Å². The number of rotatable bonds is 7. The van der Waals surface area contributed by atoms with E-state index in [2.05, 4.69) is 19.2 Å². The fourth-order valence-corrected chi connectivity index (χ4v) is 2.91. The van der Waals surface area contributed by atoms with Crippen molar-refractivity contribution in [1.29, 1.82) is 0 Å². The Balaban J connectivity index is 2.15. The van der Waals surface area contributed by atoms with E-state index in [1.807, 2.05) is 29.2 Å². The van der Waals surface area contributed by atoms with Gasteiger partial charge in [-0.3, -0.25) is 10.1 Å². The lowest BCUT2D eigenvalue weighted by Gasteiger charge is -2.24. The first-order valence-electron chi connectivity index (χ1n) is 7.99. The van der Waals surface area contributed by atoms with E-state index >= 15 is 0 Å². The summed E-state index contributed by atoms with van der Waals surface area (Å²) in [4.78, 5) is 14.6. The van der Waals surface area contributed by atoms with Gasteiger partial charge in [-0.1, -0.05) is 56.8 Å². The van der Waals surface area contributed by atoms with E-state index in [-0.39, 0.29) is 18.1 Å². The molecule has 1 saturated heterocycles. The van der Waals surface area contributed by atoms with E-state index in [0.717, 1.165) is 49.2 Å². The molecule has 1 aromatic carbocycles. The second kappa shape index (κ2) is 7.81. The van der Waals surface area contributed by atoms with Crippen LogP contribution in [0.4, 0.5) is 0 Å². The summed E-state index contributed by atoms with van der Waals surface area (Å²) in [5.74, 6) is 0.247. The maximum absolute atomic E-state index is 12.6. The van der Waals surface area contributed by atoms with Crippen LogP contribution in [-0.2, 0) is 4.79 Å². The number of amides is 1. The minimum absolute atomic E-state index is 0.0110. The minimum atomic E-state index is -0.0394. The predicted octanol–water partition coefficient (Wildman–Crippen LogP) is 4.13. The zero-order valence-electron chi connectivity index (χ0n) is 12.9. The Morgan fingerprint density at radius 1 is 1.14 bits per heavy atom. The van der Waals surface area contributed by atoms with Crippen molar-refractivity contribution in [2.75, 3.05) is 6.54 Å². The van der Waals surface area contributed by atoms with Crippen LogP contribution >= 0.6 is 11.6 Å². The normalized spacial score (nSPS) is 22.0. The SMILES string of the molecule is CCCCC1NC(c2ccc(Cl)cc2)N(CCCC)C1=O. The molecular weight excluding hydrogens is 284 g/mol. The lowest BCUT2D eigenvalue weighted by molar-refractivity contribution is -0.130. The van der Waals surface area contributed by atoms with Crippen molar-refractivity contribution in [2.45, 2.75) is 58.2 Å². The number of nitrogens with one attached hydrogen (secondary N) is 1. The van der Waals surface area contributed by atoms with E-state index in [0.29, 0.717) is 0 Å². The number of carbonyl (C=O) groups excluding carboxylic acids is 1. The fourth-order valence-electron chi connectivity index (χ4n) is 2.78. The summed E-state index contributed by atoms with van der Waals surface area (Å²) in [5.41, 5.74) is 1.11. The van der Waals surface area contributed by atoms with Crippen LogP contribution in [0.15, 0.2) is 24.3 Å². The Morgan fingerprint density at radius 3 is 2.43 bits per heavy atom. The topological polar surface area (TPSA) is 32.3 Å². The van der Waals surface area contributed by atoms with Crippen LogP contribution in [-0.4, -0.2) is 23.4 Å². The minimum Gasteiger partial charge on any atom is -0.322 e. The molecule has 0 aromatic heterocycles. The van der Waals surface area contributed by atoms with Crippen molar-refractivity contribution in [3.05, 3.63) is 34.9 Å². The molecule has 1 amide bonds. The molecule has 1 N–H and O–H groups in total. The third kappa shape index (κ3) is 3.98. The summed E-state index contributed by atoms with van der Waals surface area (Å²) in [7, 11) is 0. The molecule has 1 aromatic rings. The Kier molecular flexibility index (Phi) is 6.07. The molecule has 0 spiro atoms. The molecule has 1 aliphatic heterocycles. The van der Waals surface area contributed by atoms with Gasteiger partial charge in [-0.25, -0.2) is 0 Å². The summed E-state index contributed by atoms with van der Waals surface area (Å²) in [5, 5.41) is 4.23. The zero-order valence-corrected chi connectivity index (χ0v) is 13.7. The number of hydrogen-bond acceptors (Lipinski definition) is 2. The van der Waals surface area contributed by atoms with Crippen LogP contribution < -0.4 is 5.32 Å². The maximum Gasteiger partial charge on any atom is 0.241 e. The first-order valence-corrected chi connectivity index (χ1v) is 8.37. The molecule has 1 fully saturated rings. The van der Waals surface area contributed by atoms with E-state index in [4.69, 9.17) is 11.6 Å². The number of hydrogen-bond donors (Lipinski definition) is 1. The second-order valence-corrected chi connectivity index (χ2v) is 6.14. The molecular formula is C17H25ClN2O. The van der Waals surface area contributed by atoms with Gasteiger partial charge in [0.1, 0.15) is 6.17 Å². The van der Waals surface area contributed by atoms with Gasteiger partial charge in [-0.15, -0.1) is 0 Å². The van der Waals surface area contributed by atoms with Crippen molar-refractivity contribution in [3.63, 3.8) is 0 Å². The summed E-state index contributed by atoms with van der Waals surface area (Å²) >= 11 is 5.96. The summed E-state index contributed by atoms with van der Waals surface area (Å²) < 4.78 is 0. The molecule has 0 aliphatic carbocycles. The zero-order chi connectivity index (χ0) is 15.2. The number of nitrogens with zero attached hydrogens (tertiary/aromatic N) is 1. The average molecular weight is 309 g/mol. The van der Waals surface area contributed by atoms with Gasteiger partial charge >= 0.3 is 0 Å². The van der Waals surface area contributed by atoms with Crippen molar-refractivity contribution in [3.8, 4) is 0 Å². The van der Waals surface area contributed by atoms with Crippen LogP contribution in [0.3, 0.4) is 0 Å². The first-order chi connectivity index (χ1) is 10.2. The molecule has 0 saturated carbocycles. The number of carbonyl (C=O) groups is 1. The molecule has 2 atom stereocenters. The molecule has 0 bridgehead atoms. The van der Waals surface area contributed by atoms with Gasteiger partial charge in [-0.2, -0.15) is 0 Å². The molecule has 0 radical (unpaired) electrons. The molecule has 3 nitrogen and oxygen atoms in total. The fraction of sp³-hybridized carbons (Fsp3) is 0.588. The van der Waals surface area contributed by atoms with Crippen LogP contribution in [0.25, 0.3) is 0 Å². The average Bonchev–Trinajstić information content (AvgIpc) is 2.80. The summed E-state index contributed by atoms with van der Waals surface area (Å²) in [6, 6.07) is 7.76. The van der Waals surface area contributed by atoms with Gasteiger partial charge in [0.15, 0.2) is 0 Å². The number of unbranched alkanes of at least 4 members (excludes halogenated alkanes) is 2. The van der Waals surface area contributed by atoms with E-state index in [1.165, 1.54) is 0 Å². The predicted molar refractivity (Wildman–Crippen MR) is 87.3 cm³/mol. The van der Waals surface area contributed by atoms with Crippen molar-refractivity contribution >= 4 is 17.5 Å². The smallest absolute Gasteiger partial charge is 0.241 e. The Hall–Kier alpha value is -1.06. The van der Waals surface area contributed by atoms with Gasteiger partial charge in [0.2, 0.25) is 5.91 Å². The third-order valence-corrected chi connectivity index (χ3v) is 4.29. The van der Waals surface area contributed by atoms with Crippen molar-refractivity contribution < 1.29 is 4.79 Å². The molecule has 1 heterocycles. The quantitative estimate of drug-likeness (QED) is 0.821. The largest absolute Gasteiger partial charge is 0.322 e. The highest BCUT2D eigenvalue weighted by molar-refractivity contribution is 6.30. The van der Waals surface area contributed by atoms with Gasteiger partial charge in [0.05, 0.1) is 6.04 Å². The lowest BCUT2D eigenvalue weighted by atomic mass is 10.1. The first kappa shape index (κ1) is 16.3. The second-order valence-electron chi connectivity index (χ2n) is 5.70. The van der Waals surface area contributed by atoms with E-state index in [9.17, 15) is 4.79 Å². The van der Waals surface area contributed by atoms with E-state index < -0.39 is 0 Å². The highest BCUT2D eigenvalue weighted by Gasteiger charge is 2.38. The third-order valence-electron chi connectivity index (χ3n) is 4.04. The Labute approximate surface area is 132 Å². The molecule has 4 heteroatoms. The van der Waals surface area contributed by atoms with Crippen LogP contribution in [0.5, 0.6) is 0 Å². The summed E-state index contributed by atoms with van der Waals surface area (Å²) in [6.07, 6.45) is 5.24. The van der Waals surface area contributed by atoms with E-state index in [1.54, 1.807) is 0 Å². The van der Waals surface area contributed by atoms with Gasteiger partial charge < -0.3 is 4.90 Å². The van der Waals surface area contributed by atoms with Gasteiger partial charge in [-0.05, 0) is 30.5 Å². The molecule has 116 valence electrons. The monoisotopic (exact) mass is 308 g/mol. The molecule has 1 aliphatic rings. The Bertz CT molecular complexity index is 460.